The second-order valence-corrected chi connectivity index (χ2v) is 6.16. The van der Waals surface area contributed by atoms with Gasteiger partial charge in [-0.25, -0.2) is 4.98 Å². The van der Waals surface area contributed by atoms with Gasteiger partial charge in [-0.2, -0.15) is 0 Å². The molecule has 1 aromatic rings. The summed E-state index contributed by atoms with van der Waals surface area (Å²) in [5.74, 6) is 1.45. The largest absolute Gasteiger partial charge is 0.316 e. The number of aromatic nitrogens is 1. The van der Waals surface area contributed by atoms with Gasteiger partial charge >= 0.3 is 0 Å². The van der Waals surface area contributed by atoms with Gasteiger partial charge in [0.05, 0.1) is 5.69 Å². The fourth-order valence-electron chi connectivity index (χ4n) is 2.39. The van der Waals surface area contributed by atoms with Crippen LogP contribution in [0, 0.1) is 5.92 Å². The van der Waals surface area contributed by atoms with Crippen LogP contribution < -0.4 is 10.6 Å². The van der Waals surface area contributed by atoms with Crippen molar-refractivity contribution in [3.8, 4) is 0 Å². The Hall–Kier alpha value is -0.940. The van der Waals surface area contributed by atoms with E-state index in [0.717, 1.165) is 30.3 Å². The van der Waals surface area contributed by atoms with Crippen LogP contribution in [-0.4, -0.2) is 24.0 Å². The molecule has 0 bridgehead atoms. The molecule has 0 spiro atoms. The van der Waals surface area contributed by atoms with Crippen LogP contribution in [-0.2, 0) is 4.79 Å². The molecule has 1 aliphatic heterocycles. The normalized spacial score (nSPS) is 23.2. The predicted molar refractivity (Wildman–Crippen MR) is 72.9 cm³/mol. The first-order chi connectivity index (χ1) is 8.81. The van der Waals surface area contributed by atoms with Gasteiger partial charge in [-0.15, -0.1) is 11.3 Å². The average Bonchev–Trinajstić information content (AvgIpc) is 2.90. The fraction of sp³-hybridized carbons (Fsp3) is 0.692. The van der Waals surface area contributed by atoms with Crippen molar-refractivity contribution in [2.75, 3.05) is 18.4 Å². The lowest BCUT2D eigenvalue weighted by molar-refractivity contribution is -0.116. The lowest BCUT2D eigenvalue weighted by Gasteiger charge is -2.06. The van der Waals surface area contributed by atoms with Gasteiger partial charge in [-0.05, 0) is 44.7 Å². The SMILES string of the molecule is O=C(CCC1CCNC1)Nc1nc(C2CC2)cs1. The Morgan fingerprint density at radius 3 is 3.11 bits per heavy atom. The molecule has 5 heteroatoms. The summed E-state index contributed by atoms with van der Waals surface area (Å²) in [6.45, 7) is 2.17. The van der Waals surface area contributed by atoms with Gasteiger partial charge in [0.25, 0.3) is 0 Å². The molecule has 1 aromatic heterocycles. The van der Waals surface area contributed by atoms with Crippen molar-refractivity contribution in [2.24, 2.45) is 5.92 Å². The van der Waals surface area contributed by atoms with Crippen molar-refractivity contribution in [3.63, 3.8) is 0 Å². The van der Waals surface area contributed by atoms with Crippen LogP contribution in [0.4, 0.5) is 5.13 Å². The number of rotatable bonds is 5. The minimum Gasteiger partial charge on any atom is -0.316 e. The number of amides is 1. The van der Waals surface area contributed by atoms with Crippen molar-refractivity contribution in [3.05, 3.63) is 11.1 Å². The highest BCUT2D eigenvalue weighted by Gasteiger charge is 2.26. The number of nitrogens with one attached hydrogen (secondary N) is 2. The number of thiazole rings is 1. The van der Waals surface area contributed by atoms with E-state index in [4.69, 9.17) is 0 Å². The number of nitrogens with zero attached hydrogens (tertiary/aromatic N) is 1. The summed E-state index contributed by atoms with van der Waals surface area (Å²) in [4.78, 5) is 16.3. The molecule has 2 N–H and O–H groups in total. The number of hydrogen-bond acceptors (Lipinski definition) is 4. The predicted octanol–water partition coefficient (Wildman–Crippen LogP) is 2.35. The minimum atomic E-state index is 0.110. The summed E-state index contributed by atoms with van der Waals surface area (Å²) >= 11 is 1.55. The molecule has 2 aliphatic rings. The van der Waals surface area contributed by atoms with Crippen molar-refractivity contribution in [1.29, 1.82) is 0 Å². The maximum atomic E-state index is 11.8. The third-order valence-electron chi connectivity index (χ3n) is 3.71. The molecule has 1 aliphatic carbocycles. The van der Waals surface area contributed by atoms with Crippen LogP contribution in [0.15, 0.2) is 5.38 Å². The third-order valence-corrected chi connectivity index (χ3v) is 4.48. The molecule has 1 saturated heterocycles. The summed E-state index contributed by atoms with van der Waals surface area (Å²) in [7, 11) is 0. The lowest BCUT2D eigenvalue weighted by atomic mass is 10.0. The molecule has 98 valence electrons. The highest BCUT2D eigenvalue weighted by molar-refractivity contribution is 7.13. The number of hydrogen-bond donors (Lipinski definition) is 2. The fourth-order valence-corrected chi connectivity index (χ4v) is 3.20. The highest BCUT2D eigenvalue weighted by Crippen LogP contribution is 2.40. The van der Waals surface area contributed by atoms with Crippen LogP contribution in [0.1, 0.15) is 43.7 Å². The summed E-state index contributed by atoms with van der Waals surface area (Å²) < 4.78 is 0. The van der Waals surface area contributed by atoms with Gasteiger partial charge in [0.2, 0.25) is 5.91 Å². The topological polar surface area (TPSA) is 54.0 Å². The Morgan fingerprint density at radius 1 is 1.50 bits per heavy atom. The monoisotopic (exact) mass is 265 g/mol. The Kier molecular flexibility index (Phi) is 3.61. The summed E-state index contributed by atoms with van der Waals surface area (Å²) in [5, 5.41) is 9.09. The molecular weight excluding hydrogens is 246 g/mol. The van der Waals surface area contributed by atoms with Crippen molar-refractivity contribution in [1.82, 2.24) is 10.3 Å². The van der Waals surface area contributed by atoms with E-state index in [-0.39, 0.29) is 5.91 Å². The Labute approximate surface area is 111 Å². The standard InChI is InChI=1S/C13H19N3OS/c17-12(4-1-9-5-6-14-7-9)16-13-15-11(8-18-13)10-2-3-10/h8-10,14H,1-7H2,(H,15,16,17). The molecule has 4 nitrogen and oxygen atoms in total. The van der Waals surface area contributed by atoms with Crippen LogP contribution in [0.3, 0.4) is 0 Å². The number of carbonyl (C=O) groups is 1. The van der Waals surface area contributed by atoms with Crippen LogP contribution in [0.5, 0.6) is 0 Å². The second kappa shape index (κ2) is 5.36. The molecule has 1 unspecified atom stereocenters. The first-order valence-corrected chi connectivity index (χ1v) is 7.65. The molecular formula is C13H19N3OS. The highest BCUT2D eigenvalue weighted by atomic mass is 32.1. The van der Waals surface area contributed by atoms with Gasteiger partial charge in [0, 0.05) is 17.7 Å². The zero-order valence-electron chi connectivity index (χ0n) is 10.4. The molecule has 2 heterocycles. The first kappa shape index (κ1) is 12.1. The zero-order valence-corrected chi connectivity index (χ0v) is 11.3. The van der Waals surface area contributed by atoms with E-state index in [9.17, 15) is 4.79 Å². The van der Waals surface area contributed by atoms with E-state index in [1.807, 2.05) is 0 Å². The summed E-state index contributed by atoms with van der Waals surface area (Å²) in [5.41, 5.74) is 1.16. The second-order valence-electron chi connectivity index (χ2n) is 5.30. The Morgan fingerprint density at radius 2 is 2.39 bits per heavy atom. The molecule has 0 aromatic carbocycles. The van der Waals surface area contributed by atoms with Crippen molar-refractivity contribution < 1.29 is 4.79 Å². The number of carbonyl (C=O) groups excluding carboxylic acids is 1. The van der Waals surface area contributed by atoms with Gasteiger partial charge in [-0.3, -0.25) is 4.79 Å². The Bertz CT molecular complexity index is 422. The molecule has 0 radical (unpaired) electrons. The van der Waals surface area contributed by atoms with Gasteiger partial charge in [-0.1, -0.05) is 0 Å². The zero-order chi connectivity index (χ0) is 12.4. The maximum Gasteiger partial charge on any atom is 0.226 e. The van der Waals surface area contributed by atoms with Gasteiger partial charge < -0.3 is 10.6 Å². The van der Waals surface area contributed by atoms with Crippen molar-refractivity contribution in [2.45, 2.75) is 38.0 Å². The van der Waals surface area contributed by atoms with E-state index in [1.54, 1.807) is 11.3 Å². The van der Waals surface area contributed by atoms with E-state index >= 15 is 0 Å². The summed E-state index contributed by atoms with van der Waals surface area (Å²) in [6.07, 6.45) is 5.32. The van der Waals surface area contributed by atoms with E-state index < -0.39 is 0 Å². The van der Waals surface area contributed by atoms with Crippen molar-refractivity contribution >= 4 is 22.4 Å². The maximum absolute atomic E-state index is 11.8. The third kappa shape index (κ3) is 3.09. The van der Waals surface area contributed by atoms with Crippen LogP contribution in [0.25, 0.3) is 0 Å². The molecule has 1 saturated carbocycles. The smallest absolute Gasteiger partial charge is 0.226 e. The lowest BCUT2D eigenvalue weighted by Crippen LogP contribution is -2.14. The molecule has 3 rings (SSSR count). The first-order valence-electron chi connectivity index (χ1n) is 6.77. The average molecular weight is 265 g/mol. The molecule has 18 heavy (non-hydrogen) atoms. The van der Waals surface area contributed by atoms with E-state index in [0.29, 0.717) is 18.3 Å². The molecule has 1 amide bonds. The molecule has 2 fully saturated rings. The molecule has 1 atom stereocenters. The number of anilines is 1. The summed E-state index contributed by atoms with van der Waals surface area (Å²) in [6, 6.07) is 0. The van der Waals surface area contributed by atoms with Gasteiger partial charge in [0.1, 0.15) is 0 Å². The van der Waals surface area contributed by atoms with Crippen LogP contribution >= 0.6 is 11.3 Å². The van der Waals surface area contributed by atoms with E-state index in [1.165, 1.54) is 19.3 Å². The Balaban J connectivity index is 1.44. The van der Waals surface area contributed by atoms with Gasteiger partial charge in [0.15, 0.2) is 5.13 Å². The minimum absolute atomic E-state index is 0.110. The van der Waals surface area contributed by atoms with E-state index in [2.05, 4.69) is 21.0 Å². The quantitative estimate of drug-likeness (QED) is 0.859. The van der Waals surface area contributed by atoms with Crippen LogP contribution in [0.2, 0.25) is 0 Å².